The number of piperazine rings is 1. The Bertz CT molecular complexity index is 1330. The lowest BCUT2D eigenvalue weighted by Crippen LogP contribution is -2.48. The Morgan fingerprint density at radius 2 is 1.46 bits per heavy atom. The number of aromatic nitrogens is 2. The van der Waals surface area contributed by atoms with Crippen molar-refractivity contribution < 1.29 is 9.66 Å². The number of benzene rings is 3. The first-order chi connectivity index (χ1) is 18.0. The maximum Gasteiger partial charge on any atom is 0.373 e. The number of anilines is 1. The molecule has 8 nitrogen and oxygen atoms in total. The molecule has 8 heteroatoms. The number of hydrogen-bond acceptors (Lipinski definition) is 7. The smallest absolute Gasteiger partial charge is 0.373 e. The molecule has 1 fully saturated rings. The molecule has 0 radical (unpaired) electrons. The van der Waals surface area contributed by atoms with Gasteiger partial charge in [0.25, 0.3) is 0 Å². The number of nitro groups is 1. The molecule has 1 aliphatic heterocycles. The lowest BCUT2D eigenvalue weighted by atomic mass is 9.96. The van der Waals surface area contributed by atoms with Crippen LogP contribution in [0.1, 0.15) is 28.3 Å². The minimum absolute atomic E-state index is 0.0490. The number of rotatable bonds is 7. The van der Waals surface area contributed by atoms with Crippen LogP contribution in [0.15, 0.2) is 85.2 Å². The van der Waals surface area contributed by atoms with Crippen LogP contribution in [0.2, 0.25) is 0 Å². The quantitative estimate of drug-likeness (QED) is 0.240. The van der Waals surface area contributed by atoms with Crippen molar-refractivity contribution in [3.05, 3.63) is 118 Å². The van der Waals surface area contributed by atoms with Crippen molar-refractivity contribution in [2.75, 3.05) is 31.1 Å². The number of aryl methyl sites for hydroxylation is 2. The molecule has 1 aliphatic rings. The Morgan fingerprint density at radius 1 is 0.838 bits per heavy atom. The van der Waals surface area contributed by atoms with E-state index in [2.05, 4.69) is 63.4 Å². The van der Waals surface area contributed by atoms with Crippen LogP contribution in [-0.2, 0) is 0 Å². The fourth-order valence-corrected chi connectivity index (χ4v) is 4.79. The van der Waals surface area contributed by atoms with Crippen molar-refractivity contribution in [3.8, 4) is 11.6 Å². The summed E-state index contributed by atoms with van der Waals surface area (Å²) in [5.74, 6) is 0.746. The van der Waals surface area contributed by atoms with E-state index in [9.17, 15) is 10.1 Å². The minimum atomic E-state index is -0.450. The van der Waals surface area contributed by atoms with E-state index in [1.807, 2.05) is 43.0 Å². The van der Waals surface area contributed by atoms with Gasteiger partial charge in [-0.3, -0.25) is 15.0 Å². The summed E-state index contributed by atoms with van der Waals surface area (Å²) in [5, 5.41) is 12.1. The van der Waals surface area contributed by atoms with E-state index in [1.165, 1.54) is 17.5 Å². The van der Waals surface area contributed by atoms with Crippen LogP contribution in [0.3, 0.4) is 0 Å². The third-order valence-corrected chi connectivity index (χ3v) is 6.85. The molecule has 0 aliphatic carbocycles. The molecule has 0 bridgehead atoms. The van der Waals surface area contributed by atoms with E-state index in [-0.39, 0.29) is 23.4 Å². The maximum absolute atomic E-state index is 12.1. The summed E-state index contributed by atoms with van der Waals surface area (Å²) >= 11 is 0. The van der Waals surface area contributed by atoms with E-state index in [1.54, 1.807) is 6.07 Å². The number of nitrogens with zero attached hydrogens (tertiary/aromatic N) is 5. The maximum atomic E-state index is 12.1. The van der Waals surface area contributed by atoms with E-state index < -0.39 is 4.92 Å². The topological polar surface area (TPSA) is 84.6 Å². The van der Waals surface area contributed by atoms with Crippen LogP contribution < -0.4 is 9.64 Å². The Labute approximate surface area is 216 Å². The SMILES string of the molecule is Cc1ccc(Oc2ncnc(N3CCN(C(c4ccccc4)c4ccccc4)CC3)c2[N+](=O)[O-])cc1C. The summed E-state index contributed by atoms with van der Waals surface area (Å²) in [6, 6.07) is 26.5. The highest BCUT2D eigenvalue weighted by Crippen LogP contribution is 2.37. The molecule has 5 rings (SSSR count). The summed E-state index contributed by atoms with van der Waals surface area (Å²) < 4.78 is 5.88. The zero-order chi connectivity index (χ0) is 25.8. The molecule has 0 spiro atoms. The molecule has 0 saturated carbocycles. The van der Waals surface area contributed by atoms with Gasteiger partial charge < -0.3 is 9.64 Å². The molecular formula is C29H29N5O3. The standard InChI is InChI=1S/C29H29N5O3/c1-21-13-14-25(19-22(21)2)37-29-27(34(35)36)28(30-20-31-29)33-17-15-32(16-18-33)26(23-9-5-3-6-10-23)24-11-7-4-8-12-24/h3-14,19-20,26H,15-18H2,1-2H3. The van der Waals surface area contributed by atoms with Crippen LogP contribution in [0, 0.1) is 24.0 Å². The van der Waals surface area contributed by atoms with Gasteiger partial charge >= 0.3 is 11.6 Å². The molecule has 37 heavy (non-hydrogen) atoms. The zero-order valence-corrected chi connectivity index (χ0v) is 20.9. The van der Waals surface area contributed by atoms with Crippen molar-refractivity contribution in [1.82, 2.24) is 14.9 Å². The van der Waals surface area contributed by atoms with Crippen LogP contribution in [0.25, 0.3) is 0 Å². The van der Waals surface area contributed by atoms with E-state index in [0.29, 0.717) is 18.8 Å². The fraction of sp³-hybridized carbons (Fsp3) is 0.241. The van der Waals surface area contributed by atoms with Crippen LogP contribution in [0.4, 0.5) is 11.5 Å². The summed E-state index contributed by atoms with van der Waals surface area (Å²) in [6.07, 6.45) is 1.34. The lowest BCUT2D eigenvalue weighted by Gasteiger charge is -2.40. The van der Waals surface area contributed by atoms with Gasteiger partial charge in [0.05, 0.1) is 11.0 Å². The third-order valence-electron chi connectivity index (χ3n) is 6.85. The van der Waals surface area contributed by atoms with E-state index in [0.717, 1.165) is 24.2 Å². The first-order valence-corrected chi connectivity index (χ1v) is 12.3. The first-order valence-electron chi connectivity index (χ1n) is 12.3. The fourth-order valence-electron chi connectivity index (χ4n) is 4.79. The summed E-state index contributed by atoms with van der Waals surface area (Å²) in [4.78, 5) is 24.5. The second-order valence-corrected chi connectivity index (χ2v) is 9.20. The third kappa shape index (κ3) is 5.29. The molecule has 3 aromatic carbocycles. The van der Waals surface area contributed by atoms with Crippen molar-refractivity contribution in [2.24, 2.45) is 0 Å². The van der Waals surface area contributed by atoms with Gasteiger partial charge in [-0.05, 0) is 48.2 Å². The molecule has 0 N–H and O–H groups in total. The predicted octanol–water partition coefficient (Wildman–Crippen LogP) is 5.71. The van der Waals surface area contributed by atoms with Crippen LogP contribution in [-0.4, -0.2) is 46.0 Å². The van der Waals surface area contributed by atoms with Gasteiger partial charge in [0.1, 0.15) is 12.1 Å². The highest BCUT2D eigenvalue weighted by Gasteiger charge is 2.33. The molecule has 0 unspecified atom stereocenters. The molecule has 1 saturated heterocycles. The highest BCUT2D eigenvalue weighted by molar-refractivity contribution is 5.63. The highest BCUT2D eigenvalue weighted by atomic mass is 16.6. The molecule has 4 aromatic rings. The number of hydrogen-bond donors (Lipinski definition) is 0. The molecule has 2 heterocycles. The Hall–Kier alpha value is -4.30. The Balaban J connectivity index is 1.39. The van der Waals surface area contributed by atoms with Gasteiger partial charge in [0.2, 0.25) is 5.82 Å². The minimum Gasteiger partial charge on any atom is -0.434 e. The average Bonchev–Trinajstić information content (AvgIpc) is 2.92. The molecular weight excluding hydrogens is 466 g/mol. The monoisotopic (exact) mass is 495 g/mol. The molecule has 0 amide bonds. The van der Waals surface area contributed by atoms with Gasteiger partial charge in [0, 0.05) is 26.2 Å². The number of ether oxygens (including phenoxy) is 1. The van der Waals surface area contributed by atoms with Gasteiger partial charge in [0.15, 0.2) is 0 Å². The summed E-state index contributed by atoms with van der Waals surface area (Å²) in [5.41, 5.74) is 4.39. The summed E-state index contributed by atoms with van der Waals surface area (Å²) in [7, 11) is 0. The van der Waals surface area contributed by atoms with Gasteiger partial charge in [-0.25, -0.2) is 4.98 Å². The van der Waals surface area contributed by atoms with Crippen molar-refractivity contribution >= 4 is 11.5 Å². The second kappa shape index (κ2) is 10.8. The van der Waals surface area contributed by atoms with E-state index in [4.69, 9.17) is 4.74 Å². The second-order valence-electron chi connectivity index (χ2n) is 9.20. The zero-order valence-electron chi connectivity index (χ0n) is 20.9. The van der Waals surface area contributed by atoms with Gasteiger partial charge in [-0.15, -0.1) is 0 Å². The van der Waals surface area contributed by atoms with Crippen molar-refractivity contribution in [3.63, 3.8) is 0 Å². The van der Waals surface area contributed by atoms with Crippen LogP contribution >= 0.6 is 0 Å². The summed E-state index contributed by atoms with van der Waals surface area (Å²) in [6.45, 7) is 6.61. The van der Waals surface area contributed by atoms with Crippen LogP contribution in [0.5, 0.6) is 11.6 Å². The Kier molecular flexibility index (Phi) is 7.09. The predicted molar refractivity (Wildman–Crippen MR) is 143 cm³/mol. The van der Waals surface area contributed by atoms with Gasteiger partial charge in [-0.1, -0.05) is 66.7 Å². The van der Waals surface area contributed by atoms with Crippen molar-refractivity contribution in [1.29, 1.82) is 0 Å². The normalized spacial score (nSPS) is 14.1. The first kappa shape index (κ1) is 24.4. The molecule has 188 valence electrons. The molecule has 1 aromatic heterocycles. The Morgan fingerprint density at radius 3 is 2.03 bits per heavy atom. The van der Waals surface area contributed by atoms with Crippen molar-refractivity contribution in [2.45, 2.75) is 19.9 Å². The lowest BCUT2D eigenvalue weighted by molar-refractivity contribution is -0.385. The van der Waals surface area contributed by atoms with Gasteiger partial charge in [-0.2, -0.15) is 4.98 Å². The largest absolute Gasteiger partial charge is 0.434 e. The van der Waals surface area contributed by atoms with E-state index >= 15 is 0 Å². The average molecular weight is 496 g/mol. The molecule has 0 atom stereocenters.